The van der Waals surface area contributed by atoms with Crippen molar-refractivity contribution < 1.29 is 9.90 Å². The van der Waals surface area contributed by atoms with E-state index in [1.807, 2.05) is 19.1 Å². The van der Waals surface area contributed by atoms with Gasteiger partial charge >= 0.3 is 5.97 Å². The van der Waals surface area contributed by atoms with E-state index in [4.69, 9.17) is 5.11 Å². The summed E-state index contributed by atoms with van der Waals surface area (Å²) in [7, 11) is 0. The van der Waals surface area contributed by atoms with Gasteiger partial charge in [0.2, 0.25) is 0 Å². The molecular weight excluding hydrogens is 164 g/mol. The maximum absolute atomic E-state index is 11.0. The predicted octanol–water partition coefficient (Wildman–Crippen LogP) is 2.76. The zero-order valence-corrected chi connectivity index (χ0v) is 8.42. The van der Waals surface area contributed by atoms with E-state index >= 15 is 0 Å². The number of carboxylic acid groups (broad SMARTS) is 1. The molecule has 0 bridgehead atoms. The molecule has 1 N–H and O–H groups in total. The number of carboxylic acids is 1. The number of hydrogen-bond acceptors (Lipinski definition) is 1. The van der Waals surface area contributed by atoms with Crippen LogP contribution in [-0.2, 0) is 4.79 Å². The lowest BCUT2D eigenvalue weighted by Crippen LogP contribution is -2.26. The van der Waals surface area contributed by atoms with Gasteiger partial charge in [0.05, 0.1) is 5.41 Å². The minimum Gasteiger partial charge on any atom is -0.481 e. The lowest BCUT2D eigenvalue weighted by molar-refractivity contribution is -0.144. The molecule has 2 heteroatoms. The van der Waals surface area contributed by atoms with E-state index in [0.29, 0.717) is 0 Å². The molecule has 0 atom stereocenters. The smallest absolute Gasteiger partial charge is 0.313 e. The second-order valence-electron chi connectivity index (χ2n) is 4.12. The Bertz CT molecular complexity index is 282. The van der Waals surface area contributed by atoms with E-state index in [2.05, 4.69) is 0 Å². The Morgan fingerprint density at radius 3 is 2.62 bits per heavy atom. The van der Waals surface area contributed by atoms with Crippen LogP contribution in [0, 0.1) is 5.41 Å². The minimum absolute atomic E-state index is 0.748. The highest BCUT2D eigenvalue weighted by molar-refractivity contribution is 5.78. The summed E-state index contributed by atoms with van der Waals surface area (Å²) in [5.41, 5.74) is 1.46. The van der Waals surface area contributed by atoms with Crippen molar-refractivity contribution in [1.29, 1.82) is 0 Å². The van der Waals surface area contributed by atoms with E-state index in [1.165, 1.54) is 5.57 Å². The number of carbonyl (C=O) groups is 1. The maximum atomic E-state index is 11.0. The molecule has 0 unspecified atom stereocenters. The highest BCUT2D eigenvalue weighted by Crippen LogP contribution is 2.32. The fraction of sp³-hybridized carbons (Fsp3) is 0.545. The number of aliphatic carboxylic acids is 1. The van der Waals surface area contributed by atoms with Gasteiger partial charge in [-0.2, -0.15) is 0 Å². The van der Waals surface area contributed by atoms with Crippen molar-refractivity contribution in [3.63, 3.8) is 0 Å². The maximum Gasteiger partial charge on any atom is 0.313 e. The monoisotopic (exact) mass is 180 g/mol. The summed E-state index contributed by atoms with van der Waals surface area (Å²) in [4.78, 5) is 11.0. The van der Waals surface area contributed by atoms with Crippen molar-refractivity contribution in [2.45, 2.75) is 33.6 Å². The Morgan fingerprint density at radius 2 is 2.15 bits per heavy atom. The Labute approximate surface area is 79.0 Å². The molecule has 0 heterocycles. The first kappa shape index (κ1) is 10.0. The van der Waals surface area contributed by atoms with Crippen molar-refractivity contribution in [2.75, 3.05) is 0 Å². The van der Waals surface area contributed by atoms with Gasteiger partial charge in [-0.1, -0.05) is 17.7 Å². The second kappa shape index (κ2) is 3.36. The first-order valence-electron chi connectivity index (χ1n) is 4.56. The zero-order chi connectivity index (χ0) is 10.1. The van der Waals surface area contributed by atoms with Gasteiger partial charge in [-0.15, -0.1) is 0 Å². The molecule has 1 aliphatic carbocycles. The van der Waals surface area contributed by atoms with Gasteiger partial charge in [-0.3, -0.25) is 4.79 Å². The van der Waals surface area contributed by atoms with Gasteiger partial charge in [-0.05, 0) is 39.2 Å². The summed E-state index contributed by atoms with van der Waals surface area (Å²) in [6, 6.07) is 0. The Kier molecular flexibility index (Phi) is 2.60. The summed E-state index contributed by atoms with van der Waals surface area (Å²) >= 11 is 0. The van der Waals surface area contributed by atoms with E-state index in [1.54, 1.807) is 13.8 Å². The summed E-state index contributed by atoms with van der Waals surface area (Å²) in [5.74, 6) is -0.760. The largest absolute Gasteiger partial charge is 0.481 e. The predicted molar refractivity (Wildman–Crippen MR) is 52.5 cm³/mol. The molecule has 72 valence electrons. The lowest BCUT2D eigenvalue weighted by Gasteiger charge is -2.23. The van der Waals surface area contributed by atoms with Crippen LogP contribution in [0.2, 0.25) is 0 Å². The van der Waals surface area contributed by atoms with Crippen LogP contribution in [-0.4, -0.2) is 11.1 Å². The van der Waals surface area contributed by atoms with Gasteiger partial charge in [0.25, 0.3) is 0 Å². The second-order valence-corrected chi connectivity index (χ2v) is 4.12. The average molecular weight is 180 g/mol. The quantitative estimate of drug-likeness (QED) is 0.709. The standard InChI is InChI=1S/C11H16O2/c1-8-5-4-6-9(7-8)11(2,3)10(12)13/h6-7H,4-5H2,1-3H3,(H,12,13). The molecule has 1 aliphatic rings. The Hall–Kier alpha value is -1.05. The molecule has 2 nitrogen and oxygen atoms in total. The van der Waals surface area contributed by atoms with Gasteiger partial charge in [-0.25, -0.2) is 0 Å². The number of hydrogen-bond donors (Lipinski definition) is 1. The molecule has 13 heavy (non-hydrogen) atoms. The van der Waals surface area contributed by atoms with Crippen molar-refractivity contribution in [3.05, 3.63) is 23.3 Å². The molecule has 0 spiro atoms. The molecule has 0 saturated heterocycles. The van der Waals surface area contributed by atoms with Crippen LogP contribution < -0.4 is 0 Å². The Morgan fingerprint density at radius 1 is 1.54 bits per heavy atom. The van der Waals surface area contributed by atoms with Crippen molar-refractivity contribution >= 4 is 5.97 Å². The topological polar surface area (TPSA) is 37.3 Å². The third-order valence-electron chi connectivity index (χ3n) is 2.56. The lowest BCUT2D eigenvalue weighted by atomic mass is 9.80. The fourth-order valence-electron chi connectivity index (χ4n) is 1.41. The van der Waals surface area contributed by atoms with Crippen molar-refractivity contribution in [3.8, 4) is 0 Å². The fourth-order valence-corrected chi connectivity index (χ4v) is 1.41. The van der Waals surface area contributed by atoms with Crippen LogP contribution in [0.3, 0.4) is 0 Å². The van der Waals surface area contributed by atoms with E-state index in [9.17, 15) is 4.79 Å². The van der Waals surface area contributed by atoms with Gasteiger partial charge < -0.3 is 5.11 Å². The molecule has 0 radical (unpaired) electrons. The minimum atomic E-state index is -0.760. The number of allylic oxidation sites excluding steroid dienone is 3. The molecule has 0 aliphatic heterocycles. The molecule has 0 saturated carbocycles. The van der Waals surface area contributed by atoms with Crippen LogP contribution >= 0.6 is 0 Å². The summed E-state index contributed by atoms with van der Waals surface area (Å²) in [6.45, 7) is 5.54. The van der Waals surface area contributed by atoms with E-state index in [0.717, 1.165) is 18.4 Å². The van der Waals surface area contributed by atoms with Gasteiger partial charge in [0, 0.05) is 0 Å². The highest BCUT2D eigenvalue weighted by atomic mass is 16.4. The summed E-state index contributed by atoms with van der Waals surface area (Å²) in [6.07, 6.45) is 6.05. The average Bonchev–Trinajstić information content (AvgIpc) is 2.04. The van der Waals surface area contributed by atoms with Crippen LogP contribution in [0.15, 0.2) is 23.3 Å². The van der Waals surface area contributed by atoms with E-state index in [-0.39, 0.29) is 0 Å². The van der Waals surface area contributed by atoms with Crippen LogP contribution in [0.5, 0.6) is 0 Å². The van der Waals surface area contributed by atoms with Crippen molar-refractivity contribution in [2.24, 2.45) is 5.41 Å². The van der Waals surface area contributed by atoms with Gasteiger partial charge in [0.15, 0.2) is 0 Å². The normalized spacial score (nSPS) is 17.8. The first-order valence-corrected chi connectivity index (χ1v) is 4.56. The molecular formula is C11H16O2. The van der Waals surface area contributed by atoms with Crippen LogP contribution in [0.1, 0.15) is 33.6 Å². The van der Waals surface area contributed by atoms with Crippen LogP contribution in [0.4, 0.5) is 0 Å². The molecule has 0 amide bonds. The van der Waals surface area contributed by atoms with Crippen LogP contribution in [0.25, 0.3) is 0 Å². The van der Waals surface area contributed by atoms with E-state index < -0.39 is 11.4 Å². The first-order chi connectivity index (χ1) is 5.94. The third kappa shape index (κ3) is 2.00. The van der Waals surface area contributed by atoms with Gasteiger partial charge in [0.1, 0.15) is 0 Å². The third-order valence-corrected chi connectivity index (χ3v) is 2.56. The molecule has 1 rings (SSSR count). The molecule has 0 aromatic carbocycles. The number of rotatable bonds is 2. The molecule has 0 aromatic heterocycles. The molecule has 0 aromatic rings. The summed E-state index contributed by atoms with van der Waals surface area (Å²) in [5, 5.41) is 9.01. The highest BCUT2D eigenvalue weighted by Gasteiger charge is 2.31. The SMILES string of the molecule is CC1=CC(C(C)(C)C(=O)O)=CCC1. The van der Waals surface area contributed by atoms with Crippen molar-refractivity contribution in [1.82, 2.24) is 0 Å². The summed E-state index contributed by atoms with van der Waals surface area (Å²) < 4.78 is 0. The molecule has 0 fully saturated rings. The zero-order valence-electron chi connectivity index (χ0n) is 8.42. The Balaban J connectivity index is 2.95.